The van der Waals surface area contributed by atoms with Crippen LogP contribution in [0.25, 0.3) is 4.91 Å². The van der Waals surface area contributed by atoms with E-state index >= 15 is 0 Å². The number of benzene rings is 1. The summed E-state index contributed by atoms with van der Waals surface area (Å²) in [5.74, 6) is -2.20. The Morgan fingerprint density at radius 3 is 1.74 bits per heavy atom. The molecule has 1 aliphatic carbocycles. The fourth-order valence-electron chi connectivity index (χ4n) is 3.19. The van der Waals surface area contributed by atoms with Crippen LogP contribution < -0.4 is 0 Å². The van der Waals surface area contributed by atoms with E-state index in [9.17, 15) is 19.8 Å². The fourth-order valence-corrected chi connectivity index (χ4v) is 7.24. The third-order valence-electron chi connectivity index (χ3n) is 4.86. The average molecular weight is 619 g/mol. The molecule has 34 heavy (non-hydrogen) atoms. The molecular formula is C20H10Cl6N2O4S2. The number of ketones is 2. The molecule has 0 radical (unpaired) electrons. The first-order valence-electron chi connectivity index (χ1n) is 8.99. The van der Waals surface area contributed by atoms with Crippen LogP contribution in [-0.4, -0.2) is 45.7 Å². The molecule has 3 aliphatic rings. The summed E-state index contributed by atoms with van der Waals surface area (Å²) in [6, 6.07) is 0. The van der Waals surface area contributed by atoms with Crippen LogP contribution in [0.2, 0.25) is 15.1 Å². The van der Waals surface area contributed by atoms with Gasteiger partial charge in [0.15, 0.2) is 5.75 Å². The van der Waals surface area contributed by atoms with Gasteiger partial charge in [0.25, 0.3) is 0 Å². The Morgan fingerprint density at radius 1 is 0.676 bits per heavy atom. The number of rotatable bonds is 2. The highest BCUT2D eigenvalue weighted by atomic mass is 35.5. The Balaban J connectivity index is 1.70. The number of allylic oxidation sites excluding steroid dienone is 4. The van der Waals surface area contributed by atoms with Crippen molar-refractivity contribution in [3.05, 3.63) is 68.7 Å². The van der Waals surface area contributed by atoms with Crippen LogP contribution >= 0.6 is 93.1 Å². The molecular weight excluding hydrogens is 609 g/mol. The van der Waals surface area contributed by atoms with E-state index in [1.54, 1.807) is 36.3 Å². The van der Waals surface area contributed by atoms with Crippen molar-refractivity contribution in [1.29, 1.82) is 0 Å². The number of phenolic OH excluding ortho intramolecular Hbond substituents is 2. The van der Waals surface area contributed by atoms with Crippen molar-refractivity contribution in [2.45, 2.75) is 0 Å². The number of carbonyl (C=O) groups is 2. The summed E-state index contributed by atoms with van der Waals surface area (Å²) in [7, 11) is 3.51. The molecule has 14 heteroatoms. The van der Waals surface area contributed by atoms with Gasteiger partial charge in [-0.1, -0.05) is 93.1 Å². The fraction of sp³-hybridized carbons (Fsp3) is 0.100. The molecule has 0 saturated carbocycles. The number of aromatic hydroxyl groups is 2. The van der Waals surface area contributed by atoms with Gasteiger partial charge in [-0.05, 0) is 0 Å². The number of halogens is 6. The van der Waals surface area contributed by atoms with Gasteiger partial charge in [-0.25, -0.2) is 0 Å². The molecule has 2 N–H and O–H groups in total. The third-order valence-corrected chi connectivity index (χ3v) is 9.78. The van der Waals surface area contributed by atoms with E-state index in [-0.39, 0.29) is 37.0 Å². The maximum absolute atomic E-state index is 12.7. The minimum Gasteiger partial charge on any atom is -0.506 e. The van der Waals surface area contributed by atoms with Crippen molar-refractivity contribution in [2.75, 3.05) is 14.1 Å². The summed E-state index contributed by atoms with van der Waals surface area (Å²) >= 11 is 38.6. The monoisotopic (exact) mass is 616 g/mol. The molecule has 0 unspecified atom stereocenters. The molecule has 178 valence electrons. The molecule has 0 aromatic heterocycles. The Bertz CT molecular complexity index is 1340. The third kappa shape index (κ3) is 4.02. The lowest BCUT2D eigenvalue weighted by molar-refractivity contribution is -0.115. The van der Waals surface area contributed by atoms with Gasteiger partial charge >= 0.3 is 0 Å². The van der Waals surface area contributed by atoms with Gasteiger partial charge < -0.3 is 20.0 Å². The number of hydrogen-bond acceptors (Lipinski definition) is 8. The van der Waals surface area contributed by atoms with Gasteiger partial charge in [-0.2, -0.15) is 0 Å². The normalized spacial score (nSPS) is 21.3. The summed E-state index contributed by atoms with van der Waals surface area (Å²) in [6.45, 7) is 0. The van der Waals surface area contributed by atoms with E-state index in [1.807, 2.05) is 0 Å². The van der Waals surface area contributed by atoms with E-state index in [1.165, 1.54) is 23.5 Å². The van der Waals surface area contributed by atoms with Gasteiger partial charge in [-0.15, -0.1) is 0 Å². The molecule has 1 aromatic carbocycles. The molecule has 0 fully saturated rings. The standard InChI is InChI=1S/C20H10Cl6N2O4S2/c1-27-3-5(7-9(21)17(31)13(25)11(23)15(7)29)33-19(27)20-28(2)4-6(34-20)8-10(22)18(32)14(26)12(24)16(8)30/h3-4,29,31H,1-2H3/b20-19+. The Morgan fingerprint density at radius 2 is 1.15 bits per heavy atom. The maximum atomic E-state index is 12.7. The molecule has 0 bridgehead atoms. The number of phenols is 2. The number of hydrogen-bond donors (Lipinski definition) is 2. The number of carbonyl (C=O) groups excluding carboxylic acids is 2. The summed E-state index contributed by atoms with van der Waals surface area (Å²) in [5, 5.41) is 20.3. The van der Waals surface area contributed by atoms with E-state index in [2.05, 4.69) is 0 Å². The molecule has 1 aromatic rings. The minimum atomic E-state index is -0.728. The second kappa shape index (κ2) is 9.41. The second-order valence-corrected chi connectivity index (χ2v) is 11.3. The first-order valence-corrected chi connectivity index (χ1v) is 12.9. The number of Topliss-reactive ketones (excluding diaryl/α,β-unsaturated/α-hetero) is 2. The predicted molar refractivity (Wildman–Crippen MR) is 140 cm³/mol. The van der Waals surface area contributed by atoms with Gasteiger partial charge in [0.2, 0.25) is 11.6 Å². The van der Waals surface area contributed by atoms with Crippen molar-refractivity contribution < 1.29 is 19.8 Å². The van der Waals surface area contributed by atoms with Crippen LogP contribution in [-0.2, 0) is 9.59 Å². The molecule has 0 spiro atoms. The van der Waals surface area contributed by atoms with Gasteiger partial charge in [0.1, 0.15) is 40.9 Å². The smallest absolute Gasteiger partial charge is 0.218 e. The largest absolute Gasteiger partial charge is 0.506 e. The Labute approximate surface area is 232 Å². The first-order chi connectivity index (χ1) is 15.9. The summed E-state index contributed by atoms with van der Waals surface area (Å²) in [6.07, 6.45) is 3.33. The summed E-state index contributed by atoms with van der Waals surface area (Å²) in [5.41, 5.74) is 0.0765. The highest BCUT2D eigenvalue weighted by molar-refractivity contribution is 8.13. The van der Waals surface area contributed by atoms with E-state index in [0.717, 1.165) is 0 Å². The van der Waals surface area contributed by atoms with Crippen LogP contribution in [0.5, 0.6) is 11.5 Å². The molecule has 0 atom stereocenters. The topological polar surface area (TPSA) is 81.1 Å². The van der Waals surface area contributed by atoms with Gasteiger partial charge in [0, 0.05) is 36.3 Å². The molecule has 0 amide bonds. The molecule has 2 aliphatic heterocycles. The van der Waals surface area contributed by atoms with E-state index in [4.69, 9.17) is 69.6 Å². The van der Waals surface area contributed by atoms with E-state index < -0.39 is 27.4 Å². The maximum Gasteiger partial charge on any atom is 0.218 e. The van der Waals surface area contributed by atoms with Gasteiger partial charge in [-0.3, -0.25) is 9.59 Å². The van der Waals surface area contributed by atoms with Crippen LogP contribution in [0, 0.1) is 0 Å². The zero-order valence-electron chi connectivity index (χ0n) is 16.8. The quantitative estimate of drug-likeness (QED) is 0.208. The van der Waals surface area contributed by atoms with Crippen LogP contribution in [0.4, 0.5) is 0 Å². The molecule has 6 nitrogen and oxygen atoms in total. The summed E-state index contributed by atoms with van der Waals surface area (Å²) in [4.78, 5) is 29.4. The first kappa shape index (κ1) is 26.0. The lowest BCUT2D eigenvalue weighted by Gasteiger charge is -2.18. The van der Waals surface area contributed by atoms with Crippen molar-refractivity contribution in [3.63, 3.8) is 0 Å². The lowest BCUT2D eigenvalue weighted by atomic mass is 10.0. The van der Waals surface area contributed by atoms with E-state index in [0.29, 0.717) is 19.9 Å². The zero-order chi connectivity index (χ0) is 25.2. The predicted octanol–water partition coefficient (Wildman–Crippen LogP) is 7.02. The molecule has 2 heterocycles. The Kier molecular flexibility index (Phi) is 7.19. The number of nitrogens with zero attached hydrogens (tertiary/aromatic N) is 2. The van der Waals surface area contributed by atoms with Crippen molar-refractivity contribution in [1.82, 2.24) is 9.80 Å². The average Bonchev–Trinajstić information content (AvgIpc) is 3.35. The molecule has 4 rings (SSSR count). The highest BCUT2D eigenvalue weighted by Gasteiger charge is 2.38. The second-order valence-electron chi connectivity index (χ2n) is 7.01. The van der Waals surface area contributed by atoms with Crippen molar-refractivity contribution in [3.8, 4) is 11.5 Å². The zero-order valence-corrected chi connectivity index (χ0v) is 23.0. The SMILES string of the molecule is CN1C=C(C2=C(Cl)C(=O)C(Cl)=C(Cl)C2=O)S/C1=C1/SC(c2c(O)c(Cl)c(Cl)c(O)c2Cl)=CN1C. The van der Waals surface area contributed by atoms with Crippen molar-refractivity contribution in [2.24, 2.45) is 0 Å². The lowest BCUT2D eigenvalue weighted by Crippen LogP contribution is -2.18. The van der Waals surface area contributed by atoms with Crippen LogP contribution in [0.15, 0.2) is 48.0 Å². The van der Waals surface area contributed by atoms with Crippen molar-refractivity contribution >= 4 is 110 Å². The number of thioether (sulfide) groups is 2. The van der Waals surface area contributed by atoms with Crippen LogP contribution in [0.3, 0.4) is 0 Å². The van der Waals surface area contributed by atoms with Crippen LogP contribution in [0.1, 0.15) is 5.56 Å². The minimum absolute atomic E-state index is 0.0394. The highest BCUT2D eigenvalue weighted by Crippen LogP contribution is 2.56. The summed E-state index contributed by atoms with van der Waals surface area (Å²) < 4.78 is 0. The molecule has 0 saturated heterocycles. The van der Waals surface area contributed by atoms with Gasteiger partial charge in [0.05, 0.1) is 16.2 Å². The Hall–Kier alpha value is -1.10.